The molecule has 0 aliphatic heterocycles. The Hall–Kier alpha value is -15.3. The van der Waals surface area contributed by atoms with Crippen LogP contribution in [0.2, 0.25) is 0 Å². The van der Waals surface area contributed by atoms with Crippen LogP contribution in [0.5, 0.6) is 0 Å². The van der Waals surface area contributed by atoms with Crippen molar-refractivity contribution in [1.29, 1.82) is 0 Å². The van der Waals surface area contributed by atoms with Crippen LogP contribution in [-0.4, -0.2) is 69.3 Å². The number of hydrogen-bond acceptors (Lipinski definition) is 29. The zero-order chi connectivity index (χ0) is 85.6. The number of nitro benzene ring substituents is 8. The number of pyridine rings is 2. The highest BCUT2D eigenvalue weighted by atomic mass is 19.4. The van der Waals surface area contributed by atoms with Gasteiger partial charge in [0.05, 0.1) is 73.9 Å². The van der Waals surface area contributed by atoms with Crippen molar-refractivity contribution in [1.82, 2.24) is 29.9 Å². The molecule has 0 amide bonds. The Morgan fingerprint density at radius 1 is 0.313 bits per heavy atom. The summed E-state index contributed by atoms with van der Waals surface area (Å²) in [7, 11) is 0. The normalized spacial score (nSPS) is 11.0. The molecule has 0 aliphatic carbocycles. The molecular formula is C66H55F12N21O16. The molecular weight excluding hydrogens is 1570 g/mol. The topological polar surface area (TPSA) is 507 Å². The number of aromatic nitrogens is 6. The number of nitrogens with one attached hydrogen (secondary N) is 7. The number of hydrazine groups is 3. The molecule has 10 rings (SSSR count). The van der Waals surface area contributed by atoms with Crippen molar-refractivity contribution in [2.24, 2.45) is 0 Å². The minimum Gasteiger partial charge on any atom is -0.365 e. The first-order valence-corrected chi connectivity index (χ1v) is 31.7. The van der Waals surface area contributed by atoms with E-state index in [9.17, 15) is 134 Å². The number of anilines is 7. The van der Waals surface area contributed by atoms with Crippen molar-refractivity contribution in [2.45, 2.75) is 78.7 Å². The zero-order valence-corrected chi connectivity index (χ0v) is 59.0. The van der Waals surface area contributed by atoms with E-state index in [4.69, 9.17) is 0 Å². The summed E-state index contributed by atoms with van der Waals surface area (Å²) in [6.07, 6.45) is -17.8. The first-order valence-electron chi connectivity index (χ1n) is 31.7. The molecule has 0 spiro atoms. The quantitative estimate of drug-likeness (QED) is 0.0178. The lowest BCUT2D eigenvalue weighted by atomic mass is 9.99. The lowest BCUT2D eigenvalue weighted by Crippen LogP contribution is -2.16. The number of aryl methyl sites for hydroxylation is 6. The molecule has 0 radical (unpaired) electrons. The average Bonchev–Trinajstić information content (AvgIpc) is 0.796. The van der Waals surface area contributed by atoms with Crippen molar-refractivity contribution in [3.05, 3.63) is 312 Å². The second-order valence-electron chi connectivity index (χ2n) is 23.1. The van der Waals surface area contributed by atoms with Crippen molar-refractivity contribution in [2.75, 3.05) is 37.9 Å². The van der Waals surface area contributed by atoms with E-state index in [1.807, 2.05) is 48.5 Å². The third-order valence-corrected chi connectivity index (χ3v) is 14.6. The second kappa shape index (κ2) is 38.4. The third kappa shape index (κ3) is 26.2. The average molecular weight is 1630 g/mol. The first kappa shape index (κ1) is 88.6. The summed E-state index contributed by atoms with van der Waals surface area (Å²) in [6, 6.07) is 33.9. The van der Waals surface area contributed by atoms with Crippen molar-refractivity contribution >= 4 is 86.1 Å². The van der Waals surface area contributed by atoms with E-state index >= 15 is 0 Å². The van der Waals surface area contributed by atoms with Gasteiger partial charge in [-0.15, -0.1) is 0 Å². The molecule has 115 heavy (non-hydrogen) atoms. The fourth-order valence-corrected chi connectivity index (χ4v) is 9.76. The van der Waals surface area contributed by atoms with Gasteiger partial charge in [0.1, 0.15) is 22.8 Å². The van der Waals surface area contributed by atoms with Crippen LogP contribution in [0.1, 0.15) is 67.4 Å². The molecule has 0 bridgehead atoms. The first-order chi connectivity index (χ1) is 53.7. The van der Waals surface area contributed by atoms with Crippen LogP contribution in [0.4, 0.5) is 139 Å². The van der Waals surface area contributed by atoms with Gasteiger partial charge in [0.25, 0.3) is 22.7 Å². The van der Waals surface area contributed by atoms with Gasteiger partial charge in [-0.3, -0.25) is 113 Å². The summed E-state index contributed by atoms with van der Waals surface area (Å²) in [4.78, 5) is 104. The molecule has 0 atom stereocenters. The maximum Gasteiger partial charge on any atom is 0.416 e. The maximum absolute atomic E-state index is 12.9. The number of halogens is 12. The van der Waals surface area contributed by atoms with Crippen LogP contribution in [0.3, 0.4) is 0 Å². The molecule has 6 aromatic carbocycles. The lowest BCUT2D eigenvalue weighted by Gasteiger charge is -2.13. The Morgan fingerprint density at radius 3 is 1.02 bits per heavy atom. The van der Waals surface area contributed by atoms with Gasteiger partial charge in [0, 0.05) is 83.2 Å². The minimum atomic E-state index is -5.08. The molecule has 0 unspecified atom stereocenters. The largest absolute Gasteiger partial charge is 0.416 e. The molecule has 0 aliphatic rings. The number of rotatable bonds is 23. The predicted molar refractivity (Wildman–Crippen MR) is 385 cm³/mol. The van der Waals surface area contributed by atoms with Crippen LogP contribution in [0.25, 0.3) is 0 Å². The van der Waals surface area contributed by atoms with Gasteiger partial charge in [-0.05, 0) is 108 Å². The van der Waals surface area contributed by atoms with Crippen LogP contribution in [0.15, 0.2) is 164 Å². The summed E-state index contributed by atoms with van der Waals surface area (Å²) >= 11 is 0. The highest BCUT2D eigenvalue weighted by molar-refractivity contribution is 5.77. The van der Waals surface area contributed by atoms with Gasteiger partial charge in [-0.1, -0.05) is 54.6 Å². The number of alkyl halides is 12. The number of para-hydroxylation sites is 2. The van der Waals surface area contributed by atoms with Gasteiger partial charge < -0.3 is 5.32 Å². The smallest absolute Gasteiger partial charge is 0.365 e. The van der Waals surface area contributed by atoms with E-state index in [0.717, 1.165) is 23.1 Å². The second-order valence-corrected chi connectivity index (χ2v) is 23.1. The molecule has 10 aromatic rings. The third-order valence-electron chi connectivity index (χ3n) is 14.6. The number of nitrogens with zero attached hydrogens (tertiary/aromatic N) is 14. The molecule has 37 nitrogen and oxygen atoms in total. The fraction of sp³-hybridized carbons (Fsp3) is 0.182. The Morgan fingerprint density at radius 2 is 0.652 bits per heavy atom. The Labute approximate surface area is 635 Å². The van der Waals surface area contributed by atoms with Gasteiger partial charge in [-0.25, -0.2) is 29.9 Å². The molecule has 0 fully saturated rings. The standard InChI is InChI=1S/C15H10F6N4O4.C15H11F3N2O4.C13H11F3N6O4.C12H12N6O4.C11H11N3/c1-7-2-8(14(16,17)18)5-13(23-7)22-6-10-11(24(26)27)3-9(15(19,20)21)4-12(10)25(28)29;16-15(17,18)11-8-13(19(21)22)12(14(9-11)20(23)24)7-6-10-4-2-1-3-5-10;1-6-3-7(2)18-12(17-6)20-19-11-9(21(23)24)4-8(13(14,15)16)5-10(11)22(25)26;1-7-6-8(2)14-12(13-7)16-15-11-9(17(19)20)4-3-5-10(11)18(21)22;1-2-6-10(7-3-1)13-14-11-8-4-5-9-12-11/h2-5H,6H2,1H3,(H,22,23);1-5,8-9H,6-7H2;3-5,19H,1-2H3,(H,17,18,20);3-6,15H,1-2H3,(H,13,14,16);1-9,13H,(H,12,14). The number of nitro groups is 8. The Bertz CT molecular complexity index is 5020. The molecule has 49 heteroatoms. The fourth-order valence-electron chi connectivity index (χ4n) is 9.76. The predicted octanol–water partition coefficient (Wildman–Crippen LogP) is 17.4. The maximum atomic E-state index is 12.9. The molecule has 4 aromatic heterocycles. The van der Waals surface area contributed by atoms with E-state index in [-0.39, 0.29) is 65.9 Å². The van der Waals surface area contributed by atoms with Crippen molar-refractivity contribution in [3.63, 3.8) is 0 Å². The Kier molecular flexibility index (Phi) is 29.6. The SMILES string of the molecule is Cc1cc(C(F)(F)F)cc(NCc2c([N+](=O)[O-])cc(C(F)(F)F)cc2[N+](=O)[O-])n1.Cc1cc(C)nc(NNc2c([N+](=O)[O-])cc(C(F)(F)F)cc2[N+](=O)[O-])n1.Cc1cc(C)nc(NNc2c([N+](=O)[O-])cccc2[N+](=O)[O-])n1.O=[N+]([O-])c1cc(C(F)(F)F)cc([N+](=O)[O-])c1CCc1ccccc1.c1ccc(NNc2ccccn2)cc1. The van der Waals surface area contributed by atoms with E-state index in [2.05, 4.69) is 67.8 Å². The molecule has 0 saturated heterocycles. The summed E-state index contributed by atoms with van der Waals surface area (Å²) in [5, 5.41) is 91.0. The van der Waals surface area contributed by atoms with Crippen LogP contribution in [-0.2, 0) is 44.1 Å². The highest BCUT2D eigenvalue weighted by Gasteiger charge is 2.41. The zero-order valence-electron chi connectivity index (χ0n) is 59.0. The monoisotopic (exact) mass is 1630 g/mol. The van der Waals surface area contributed by atoms with Gasteiger partial charge in [0.2, 0.25) is 23.3 Å². The van der Waals surface area contributed by atoms with Crippen LogP contribution in [0, 0.1) is 116 Å². The van der Waals surface area contributed by atoms with Gasteiger partial charge in [-0.2, -0.15) is 52.7 Å². The van der Waals surface area contributed by atoms with Crippen LogP contribution >= 0.6 is 0 Å². The molecule has 604 valence electrons. The summed E-state index contributed by atoms with van der Waals surface area (Å²) in [5.74, 6) is 0.480. The lowest BCUT2D eigenvalue weighted by molar-refractivity contribution is -0.396. The van der Waals surface area contributed by atoms with Gasteiger partial charge >= 0.3 is 47.5 Å². The van der Waals surface area contributed by atoms with Crippen molar-refractivity contribution in [3.8, 4) is 0 Å². The van der Waals surface area contributed by atoms with E-state index in [1.165, 1.54) is 25.1 Å². The Balaban J connectivity index is 0.000000227. The molecule has 0 saturated carbocycles. The number of hydrogen-bond donors (Lipinski definition) is 7. The van der Waals surface area contributed by atoms with E-state index in [1.54, 1.807) is 76.4 Å². The molecule has 7 N–H and O–H groups in total. The van der Waals surface area contributed by atoms with Gasteiger partial charge in [0.15, 0.2) is 0 Å². The van der Waals surface area contributed by atoms with Crippen LogP contribution < -0.4 is 37.9 Å². The summed E-state index contributed by atoms with van der Waals surface area (Å²) in [5.41, 5.74) is 4.72. The highest BCUT2D eigenvalue weighted by Crippen LogP contribution is 2.44. The summed E-state index contributed by atoms with van der Waals surface area (Å²) < 4.78 is 154. The van der Waals surface area contributed by atoms with E-state index < -0.39 is 155 Å². The summed E-state index contributed by atoms with van der Waals surface area (Å²) in [6.45, 7) is 7.23. The van der Waals surface area contributed by atoms with E-state index in [0.29, 0.717) is 41.0 Å². The van der Waals surface area contributed by atoms with Crippen molar-refractivity contribution < 1.29 is 92.1 Å². The minimum absolute atomic E-state index is 0.0639. The number of benzene rings is 6. The molecule has 4 heterocycles.